The zero-order valence-corrected chi connectivity index (χ0v) is 7.34. The topological polar surface area (TPSA) is 20.2 Å². The van der Waals surface area contributed by atoms with Gasteiger partial charge in [0.25, 0.3) is 0 Å². The Hall–Kier alpha value is -0.300. The molecule has 0 fully saturated rings. The SMILES string of the molecule is CC(O)CCC1=CCCCC1. The zero-order valence-electron chi connectivity index (χ0n) is 7.34. The van der Waals surface area contributed by atoms with Crippen LogP contribution in [-0.2, 0) is 0 Å². The van der Waals surface area contributed by atoms with Crippen molar-refractivity contribution in [1.82, 2.24) is 0 Å². The third-order valence-corrected chi connectivity index (χ3v) is 2.27. The Balaban J connectivity index is 2.19. The summed E-state index contributed by atoms with van der Waals surface area (Å²) >= 11 is 0. The first-order chi connectivity index (χ1) is 5.29. The lowest BCUT2D eigenvalue weighted by Crippen LogP contribution is -2.01. The number of rotatable bonds is 3. The van der Waals surface area contributed by atoms with Crippen molar-refractivity contribution in [3.8, 4) is 0 Å². The van der Waals surface area contributed by atoms with E-state index in [1.807, 2.05) is 6.92 Å². The molecule has 1 aliphatic carbocycles. The van der Waals surface area contributed by atoms with Crippen LogP contribution in [0.25, 0.3) is 0 Å². The molecule has 64 valence electrons. The van der Waals surface area contributed by atoms with Crippen molar-refractivity contribution < 1.29 is 5.11 Å². The minimum absolute atomic E-state index is 0.127. The quantitative estimate of drug-likeness (QED) is 0.619. The fourth-order valence-corrected chi connectivity index (χ4v) is 1.53. The molecule has 1 N–H and O–H groups in total. The van der Waals surface area contributed by atoms with Crippen molar-refractivity contribution in [2.24, 2.45) is 0 Å². The maximum atomic E-state index is 9.06. The summed E-state index contributed by atoms with van der Waals surface area (Å²) < 4.78 is 0. The van der Waals surface area contributed by atoms with Gasteiger partial charge in [0.05, 0.1) is 6.10 Å². The molecular formula is C10H18O. The van der Waals surface area contributed by atoms with E-state index in [4.69, 9.17) is 5.11 Å². The Labute approximate surface area is 69.1 Å². The third kappa shape index (κ3) is 3.57. The third-order valence-electron chi connectivity index (χ3n) is 2.27. The fourth-order valence-electron chi connectivity index (χ4n) is 1.53. The molecule has 11 heavy (non-hydrogen) atoms. The Morgan fingerprint density at radius 3 is 2.91 bits per heavy atom. The molecule has 0 aromatic heterocycles. The Kier molecular flexibility index (Phi) is 3.64. The van der Waals surface area contributed by atoms with Crippen molar-refractivity contribution >= 4 is 0 Å². The minimum Gasteiger partial charge on any atom is -0.393 e. The van der Waals surface area contributed by atoms with E-state index in [-0.39, 0.29) is 6.10 Å². The summed E-state index contributed by atoms with van der Waals surface area (Å²) in [4.78, 5) is 0. The van der Waals surface area contributed by atoms with Gasteiger partial charge in [0.15, 0.2) is 0 Å². The Morgan fingerprint density at radius 2 is 2.36 bits per heavy atom. The summed E-state index contributed by atoms with van der Waals surface area (Å²) in [6, 6.07) is 0. The highest BCUT2D eigenvalue weighted by atomic mass is 16.3. The van der Waals surface area contributed by atoms with Gasteiger partial charge in [-0.1, -0.05) is 11.6 Å². The van der Waals surface area contributed by atoms with E-state index in [0.29, 0.717) is 0 Å². The van der Waals surface area contributed by atoms with Gasteiger partial charge in [0.2, 0.25) is 0 Å². The van der Waals surface area contributed by atoms with Crippen molar-refractivity contribution in [3.05, 3.63) is 11.6 Å². The lowest BCUT2D eigenvalue weighted by Gasteiger charge is -2.12. The molecule has 0 saturated heterocycles. The standard InChI is InChI=1S/C10H18O/c1-9(11)7-8-10-5-3-2-4-6-10/h5,9,11H,2-4,6-8H2,1H3. The van der Waals surface area contributed by atoms with Crippen LogP contribution in [0.15, 0.2) is 11.6 Å². The first kappa shape index (κ1) is 8.79. The Morgan fingerprint density at radius 1 is 1.55 bits per heavy atom. The minimum atomic E-state index is -0.127. The summed E-state index contributed by atoms with van der Waals surface area (Å²) in [6.07, 6.45) is 9.51. The molecule has 1 unspecified atom stereocenters. The van der Waals surface area contributed by atoms with Crippen LogP contribution >= 0.6 is 0 Å². The molecular weight excluding hydrogens is 136 g/mol. The van der Waals surface area contributed by atoms with E-state index in [2.05, 4.69) is 6.08 Å². The van der Waals surface area contributed by atoms with E-state index in [0.717, 1.165) is 12.8 Å². The average Bonchev–Trinajstić information content (AvgIpc) is 2.03. The summed E-state index contributed by atoms with van der Waals surface area (Å²) in [6.45, 7) is 1.86. The second-order valence-electron chi connectivity index (χ2n) is 3.50. The smallest absolute Gasteiger partial charge is 0.0515 e. The van der Waals surface area contributed by atoms with Crippen LogP contribution in [0.1, 0.15) is 45.4 Å². The summed E-state index contributed by atoms with van der Waals surface area (Å²) in [5.74, 6) is 0. The molecule has 1 atom stereocenters. The van der Waals surface area contributed by atoms with E-state index < -0.39 is 0 Å². The van der Waals surface area contributed by atoms with Gasteiger partial charge in [-0.15, -0.1) is 0 Å². The van der Waals surface area contributed by atoms with Gasteiger partial charge >= 0.3 is 0 Å². The monoisotopic (exact) mass is 154 g/mol. The molecule has 0 aromatic carbocycles. The Bertz CT molecular complexity index is 136. The summed E-state index contributed by atoms with van der Waals surface area (Å²) in [7, 11) is 0. The molecule has 0 amide bonds. The van der Waals surface area contributed by atoms with Crippen LogP contribution in [0.3, 0.4) is 0 Å². The first-order valence-electron chi connectivity index (χ1n) is 4.65. The largest absolute Gasteiger partial charge is 0.393 e. The van der Waals surface area contributed by atoms with E-state index in [9.17, 15) is 0 Å². The van der Waals surface area contributed by atoms with Crippen LogP contribution < -0.4 is 0 Å². The predicted molar refractivity (Wildman–Crippen MR) is 47.5 cm³/mol. The van der Waals surface area contributed by atoms with Crippen LogP contribution in [0.2, 0.25) is 0 Å². The second-order valence-corrected chi connectivity index (χ2v) is 3.50. The van der Waals surface area contributed by atoms with Crippen LogP contribution in [0, 0.1) is 0 Å². The first-order valence-corrected chi connectivity index (χ1v) is 4.65. The molecule has 1 nitrogen and oxygen atoms in total. The van der Waals surface area contributed by atoms with Gasteiger partial charge in [-0.3, -0.25) is 0 Å². The molecule has 0 aliphatic heterocycles. The number of aliphatic hydroxyl groups is 1. The molecule has 0 radical (unpaired) electrons. The van der Waals surface area contributed by atoms with Crippen LogP contribution in [0.4, 0.5) is 0 Å². The number of hydrogen-bond donors (Lipinski definition) is 1. The molecule has 1 heteroatoms. The maximum Gasteiger partial charge on any atom is 0.0515 e. The molecule has 0 saturated carbocycles. The average molecular weight is 154 g/mol. The molecule has 0 spiro atoms. The summed E-state index contributed by atoms with van der Waals surface area (Å²) in [5, 5.41) is 9.06. The fraction of sp³-hybridized carbons (Fsp3) is 0.800. The van der Waals surface area contributed by atoms with Gasteiger partial charge < -0.3 is 5.11 Å². The van der Waals surface area contributed by atoms with Crippen molar-refractivity contribution in [3.63, 3.8) is 0 Å². The van der Waals surface area contributed by atoms with Crippen LogP contribution in [0.5, 0.6) is 0 Å². The van der Waals surface area contributed by atoms with Gasteiger partial charge in [0, 0.05) is 0 Å². The maximum absolute atomic E-state index is 9.06. The van der Waals surface area contributed by atoms with E-state index in [1.54, 1.807) is 5.57 Å². The van der Waals surface area contributed by atoms with Gasteiger partial charge in [-0.2, -0.15) is 0 Å². The number of aliphatic hydroxyl groups excluding tert-OH is 1. The van der Waals surface area contributed by atoms with Crippen molar-refractivity contribution in [2.45, 2.75) is 51.6 Å². The molecule has 0 bridgehead atoms. The zero-order chi connectivity index (χ0) is 8.10. The van der Waals surface area contributed by atoms with Gasteiger partial charge in [0.1, 0.15) is 0 Å². The summed E-state index contributed by atoms with van der Waals surface area (Å²) in [5.41, 5.74) is 1.57. The van der Waals surface area contributed by atoms with Crippen LogP contribution in [-0.4, -0.2) is 11.2 Å². The van der Waals surface area contributed by atoms with Gasteiger partial charge in [-0.25, -0.2) is 0 Å². The lowest BCUT2D eigenvalue weighted by molar-refractivity contribution is 0.184. The predicted octanol–water partition coefficient (Wildman–Crippen LogP) is 2.65. The molecule has 1 aliphatic rings. The second kappa shape index (κ2) is 4.55. The molecule has 0 aromatic rings. The lowest BCUT2D eigenvalue weighted by atomic mass is 9.95. The van der Waals surface area contributed by atoms with E-state index in [1.165, 1.54) is 25.7 Å². The van der Waals surface area contributed by atoms with Gasteiger partial charge in [-0.05, 0) is 45.4 Å². The van der Waals surface area contributed by atoms with Crippen molar-refractivity contribution in [1.29, 1.82) is 0 Å². The molecule has 0 heterocycles. The number of allylic oxidation sites excluding steroid dienone is 2. The highest BCUT2D eigenvalue weighted by molar-refractivity contribution is 5.04. The highest BCUT2D eigenvalue weighted by Crippen LogP contribution is 2.21. The van der Waals surface area contributed by atoms with E-state index >= 15 is 0 Å². The van der Waals surface area contributed by atoms with Crippen molar-refractivity contribution in [2.75, 3.05) is 0 Å². The molecule has 1 rings (SSSR count). The highest BCUT2D eigenvalue weighted by Gasteiger charge is 2.04. The normalized spacial score (nSPS) is 21.1. The number of hydrogen-bond acceptors (Lipinski definition) is 1.